The number of hydrogen-bond donors (Lipinski definition) is 2. The first-order chi connectivity index (χ1) is 19.3. The molecule has 0 radical (unpaired) electrons. The van der Waals surface area contributed by atoms with Gasteiger partial charge in [0.1, 0.15) is 17.7 Å². The molecule has 226 valence electrons. The van der Waals surface area contributed by atoms with Crippen molar-refractivity contribution in [1.29, 1.82) is 0 Å². The number of alkyl carbamates (subject to hydrolysis) is 1. The fourth-order valence-corrected chi connectivity index (χ4v) is 5.10. The molecule has 0 aliphatic heterocycles. The lowest BCUT2D eigenvalue weighted by atomic mass is 9.94. The molecule has 0 aliphatic rings. The molecular formula is C33H49N3O4S. The zero-order valence-electron chi connectivity index (χ0n) is 26.0. The normalized spacial score (nSPS) is 13.7. The van der Waals surface area contributed by atoms with Crippen molar-refractivity contribution in [1.82, 2.24) is 15.5 Å². The van der Waals surface area contributed by atoms with E-state index in [1.807, 2.05) is 74.7 Å². The van der Waals surface area contributed by atoms with Crippen molar-refractivity contribution in [3.8, 4) is 0 Å². The number of amides is 3. The largest absolute Gasteiger partial charge is 0.444 e. The second kappa shape index (κ2) is 16.4. The van der Waals surface area contributed by atoms with E-state index in [1.165, 1.54) is 0 Å². The Bertz CT molecular complexity index is 1120. The van der Waals surface area contributed by atoms with Gasteiger partial charge in [-0.3, -0.25) is 9.59 Å². The third-order valence-corrected chi connectivity index (χ3v) is 7.45. The molecule has 0 fully saturated rings. The summed E-state index contributed by atoms with van der Waals surface area (Å²) in [6.45, 7) is 14.0. The van der Waals surface area contributed by atoms with Gasteiger partial charge in [0.15, 0.2) is 0 Å². The Morgan fingerprint density at radius 3 is 2.15 bits per heavy atom. The van der Waals surface area contributed by atoms with Gasteiger partial charge in [-0.1, -0.05) is 68.4 Å². The van der Waals surface area contributed by atoms with Crippen LogP contribution in [0.4, 0.5) is 4.79 Å². The van der Waals surface area contributed by atoms with Crippen LogP contribution in [-0.4, -0.2) is 52.5 Å². The molecule has 7 nitrogen and oxygen atoms in total. The molecule has 2 rings (SSSR count). The molecule has 8 heteroatoms. The third-order valence-electron chi connectivity index (χ3n) is 6.81. The SMILES string of the molecule is CSCCC(NC(=O)OC(C)(C)C)C(=O)N(C(C)CCC(C)C)C(C(=O)NCc1ccccc1)c1ccccc1C. The molecule has 0 saturated heterocycles. The fraction of sp³-hybridized carbons (Fsp3) is 0.545. The van der Waals surface area contributed by atoms with E-state index in [0.717, 1.165) is 29.5 Å². The molecule has 3 unspecified atom stereocenters. The van der Waals surface area contributed by atoms with Gasteiger partial charge in [0.2, 0.25) is 11.8 Å². The smallest absolute Gasteiger partial charge is 0.408 e. The zero-order valence-corrected chi connectivity index (χ0v) is 26.8. The predicted octanol–water partition coefficient (Wildman–Crippen LogP) is 6.65. The number of aryl methyl sites for hydroxylation is 1. The quantitative estimate of drug-likeness (QED) is 0.260. The van der Waals surface area contributed by atoms with E-state index in [1.54, 1.807) is 37.4 Å². The van der Waals surface area contributed by atoms with E-state index in [-0.39, 0.29) is 17.9 Å². The highest BCUT2D eigenvalue weighted by Crippen LogP contribution is 2.30. The van der Waals surface area contributed by atoms with Crippen molar-refractivity contribution in [2.24, 2.45) is 5.92 Å². The van der Waals surface area contributed by atoms with Crippen LogP contribution >= 0.6 is 11.8 Å². The van der Waals surface area contributed by atoms with E-state index in [0.29, 0.717) is 24.6 Å². The van der Waals surface area contributed by atoms with Crippen LogP contribution in [0.5, 0.6) is 0 Å². The van der Waals surface area contributed by atoms with Gasteiger partial charge in [-0.25, -0.2) is 4.79 Å². The molecule has 0 saturated carbocycles. The van der Waals surface area contributed by atoms with E-state index in [4.69, 9.17) is 4.74 Å². The van der Waals surface area contributed by atoms with Crippen LogP contribution in [-0.2, 0) is 20.9 Å². The number of carbonyl (C=O) groups excluding carboxylic acids is 3. The second-order valence-corrected chi connectivity index (χ2v) is 13.0. The maximum absolute atomic E-state index is 14.5. The average Bonchev–Trinajstić information content (AvgIpc) is 2.91. The summed E-state index contributed by atoms with van der Waals surface area (Å²) in [5, 5.41) is 5.91. The molecule has 3 amide bonds. The lowest BCUT2D eigenvalue weighted by Gasteiger charge is -2.39. The first-order valence-electron chi connectivity index (χ1n) is 14.5. The Morgan fingerprint density at radius 2 is 1.56 bits per heavy atom. The molecule has 41 heavy (non-hydrogen) atoms. The molecule has 0 aliphatic carbocycles. The molecular weight excluding hydrogens is 534 g/mol. The standard InChI is InChI=1S/C33H49N3O4S/c1-23(2)18-19-25(4)36(31(38)28(20-21-41-8)35-32(39)40-33(5,6)7)29(27-17-13-12-14-24(27)3)30(37)34-22-26-15-10-9-11-16-26/h9-17,23,25,28-29H,18-22H2,1-8H3,(H,34,37)(H,35,39). The number of thioether (sulfide) groups is 1. The Morgan fingerprint density at radius 1 is 0.927 bits per heavy atom. The summed E-state index contributed by atoms with van der Waals surface area (Å²) >= 11 is 1.60. The number of ether oxygens (including phenoxy) is 1. The van der Waals surface area contributed by atoms with E-state index < -0.39 is 23.8 Å². The first-order valence-corrected chi connectivity index (χ1v) is 15.9. The number of benzene rings is 2. The van der Waals surface area contributed by atoms with E-state index in [2.05, 4.69) is 24.5 Å². The summed E-state index contributed by atoms with van der Waals surface area (Å²) in [6, 6.07) is 15.4. The molecule has 2 N–H and O–H groups in total. The lowest BCUT2D eigenvalue weighted by Crippen LogP contribution is -2.55. The molecule has 0 heterocycles. The first kappa shape index (κ1) is 34.2. The summed E-state index contributed by atoms with van der Waals surface area (Å²) in [5.41, 5.74) is 1.95. The number of nitrogens with one attached hydrogen (secondary N) is 2. The summed E-state index contributed by atoms with van der Waals surface area (Å²) in [7, 11) is 0. The van der Waals surface area contributed by atoms with Crippen molar-refractivity contribution in [3.63, 3.8) is 0 Å². The number of rotatable bonds is 14. The van der Waals surface area contributed by atoms with Gasteiger partial charge in [-0.05, 0) is 88.5 Å². The maximum atomic E-state index is 14.5. The minimum atomic E-state index is -0.869. The zero-order chi connectivity index (χ0) is 30.6. The monoisotopic (exact) mass is 583 g/mol. The van der Waals surface area contributed by atoms with Gasteiger partial charge in [0, 0.05) is 12.6 Å². The van der Waals surface area contributed by atoms with Gasteiger partial charge in [0.25, 0.3) is 0 Å². The predicted molar refractivity (Wildman–Crippen MR) is 169 cm³/mol. The number of carbonyl (C=O) groups is 3. The Hall–Kier alpha value is -3.00. The minimum Gasteiger partial charge on any atom is -0.444 e. The highest BCUT2D eigenvalue weighted by atomic mass is 32.2. The topological polar surface area (TPSA) is 87.7 Å². The van der Waals surface area contributed by atoms with Crippen molar-refractivity contribution in [2.45, 2.75) is 98.0 Å². The lowest BCUT2D eigenvalue weighted by molar-refractivity contribution is -0.145. The minimum absolute atomic E-state index is 0.255. The number of hydrogen-bond acceptors (Lipinski definition) is 5. The summed E-state index contributed by atoms with van der Waals surface area (Å²) < 4.78 is 5.51. The van der Waals surface area contributed by atoms with E-state index >= 15 is 0 Å². The van der Waals surface area contributed by atoms with Crippen LogP contribution in [0.25, 0.3) is 0 Å². The van der Waals surface area contributed by atoms with Gasteiger partial charge in [-0.15, -0.1) is 0 Å². The highest BCUT2D eigenvalue weighted by molar-refractivity contribution is 7.98. The molecule has 0 aromatic heterocycles. The van der Waals surface area contributed by atoms with Crippen LogP contribution in [0.2, 0.25) is 0 Å². The molecule has 3 atom stereocenters. The van der Waals surface area contributed by atoms with Crippen molar-refractivity contribution < 1.29 is 19.1 Å². The van der Waals surface area contributed by atoms with Crippen molar-refractivity contribution >= 4 is 29.7 Å². The van der Waals surface area contributed by atoms with Crippen LogP contribution in [0.1, 0.15) is 83.5 Å². The van der Waals surface area contributed by atoms with Crippen LogP contribution in [0.15, 0.2) is 54.6 Å². The average molecular weight is 584 g/mol. The molecule has 0 spiro atoms. The Labute approximate surface area is 251 Å². The fourth-order valence-electron chi connectivity index (χ4n) is 4.63. The van der Waals surface area contributed by atoms with Gasteiger partial charge in [-0.2, -0.15) is 11.8 Å². The molecule has 2 aromatic carbocycles. The Balaban J connectivity index is 2.55. The molecule has 2 aromatic rings. The second-order valence-electron chi connectivity index (χ2n) is 12.0. The summed E-state index contributed by atoms with van der Waals surface area (Å²) in [5.74, 6) is 0.554. The van der Waals surface area contributed by atoms with Gasteiger partial charge < -0.3 is 20.3 Å². The van der Waals surface area contributed by atoms with Crippen LogP contribution in [0, 0.1) is 12.8 Å². The van der Waals surface area contributed by atoms with Crippen molar-refractivity contribution in [2.75, 3.05) is 12.0 Å². The Kier molecular flexibility index (Phi) is 13.7. The summed E-state index contributed by atoms with van der Waals surface area (Å²) in [6.07, 6.45) is 3.35. The summed E-state index contributed by atoms with van der Waals surface area (Å²) in [4.78, 5) is 43.1. The van der Waals surface area contributed by atoms with Crippen LogP contribution in [0.3, 0.4) is 0 Å². The highest BCUT2D eigenvalue weighted by Gasteiger charge is 2.39. The van der Waals surface area contributed by atoms with Gasteiger partial charge >= 0.3 is 6.09 Å². The van der Waals surface area contributed by atoms with Gasteiger partial charge in [0.05, 0.1) is 0 Å². The third kappa shape index (κ3) is 11.4. The van der Waals surface area contributed by atoms with Crippen LogP contribution < -0.4 is 10.6 Å². The maximum Gasteiger partial charge on any atom is 0.408 e. The number of nitrogens with zero attached hydrogens (tertiary/aromatic N) is 1. The molecule has 0 bridgehead atoms. The van der Waals surface area contributed by atoms with E-state index in [9.17, 15) is 14.4 Å². The van der Waals surface area contributed by atoms with Crippen molar-refractivity contribution in [3.05, 3.63) is 71.3 Å².